The predicted molar refractivity (Wildman–Crippen MR) is 157 cm³/mol. The SMILES string of the molecule is COc1cc(OC)c(N2C(=NC(=O)[C@H](Cc3ccccc3)NC(=O)OC(C)(C)C)S[C@@H]3CS(=O)(=O)C[C@@H]32)cc1Cl. The molecule has 13 heteroatoms. The molecule has 40 heavy (non-hydrogen) atoms. The maximum Gasteiger partial charge on any atom is 0.408 e. The van der Waals surface area contributed by atoms with Crippen LogP contribution in [0.5, 0.6) is 11.5 Å². The monoisotopic (exact) mass is 609 g/mol. The minimum Gasteiger partial charge on any atom is -0.495 e. The first-order chi connectivity index (χ1) is 18.8. The van der Waals surface area contributed by atoms with Gasteiger partial charge in [-0.1, -0.05) is 53.7 Å². The third kappa shape index (κ3) is 7.02. The van der Waals surface area contributed by atoms with Crippen molar-refractivity contribution >= 4 is 56.1 Å². The second-order valence-electron chi connectivity index (χ2n) is 10.5. The molecule has 2 aliphatic heterocycles. The van der Waals surface area contributed by atoms with E-state index in [1.807, 2.05) is 30.3 Å². The number of thioether (sulfide) groups is 1. The molecule has 0 bridgehead atoms. The zero-order valence-electron chi connectivity index (χ0n) is 22.8. The van der Waals surface area contributed by atoms with Crippen LogP contribution in [0.15, 0.2) is 47.5 Å². The second-order valence-corrected chi connectivity index (χ2v) is 14.2. The molecule has 0 spiro atoms. The Morgan fingerprint density at radius 2 is 1.80 bits per heavy atom. The maximum atomic E-state index is 13.7. The Morgan fingerprint density at radius 1 is 1.12 bits per heavy atom. The molecule has 4 rings (SSSR count). The maximum absolute atomic E-state index is 13.7. The summed E-state index contributed by atoms with van der Waals surface area (Å²) in [6.45, 7) is 5.19. The minimum atomic E-state index is -3.31. The Morgan fingerprint density at radius 3 is 2.42 bits per heavy atom. The number of anilines is 1. The molecule has 216 valence electrons. The Hall–Kier alpha value is -2.96. The molecule has 2 saturated heterocycles. The average Bonchev–Trinajstić information content (AvgIpc) is 3.33. The molecule has 2 aliphatic rings. The lowest BCUT2D eigenvalue weighted by molar-refractivity contribution is -0.119. The van der Waals surface area contributed by atoms with E-state index >= 15 is 0 Å². The number of alkyl carbamates (subject to hydrolysis) is 1. The van der Waals surface area contributed by atoms with Crippen LogP contribution in [0.2, 0.25) is 5.02 Å². The number of aliphatic imine (C=N–C) groups is 1. The number of rotatable bonds is 7. The van der Waals surface area contributed by atoms with Crippen molar-refractivity contribution in [1.82, 2.24) is 5.32 Å². The van der Waals surface area contributed by atoms with Crippen molar-refractivity contribution in [3.05, 3.63) is 53.1 Å². The molecule has 2 amide bonds. The molecule has 1 N–H and O–H groups in total. The number of ether oxygens (including phenoxy) is 3. The van der Waals surface area contributed by atoms with Crippen molar-refractivity contribution in [2.45, 2.75) is 50.1 Å². The average molecular weight is 610 g/mol. The highest BCUT2D eigenvalue weighted by molar-refractivity contribution is 8.16. The van der Waals surface area contributed by atoms with E-state index in [1.165, 1.54) is 26.0 Å². The Balaban J connectivity index is 1.73. The van der Waals surface area contributed by atoms with Crippen LogP contribution in [0.4, 0.5) is 10.5 Å². The third-order valence-electron chi connectivity index (χ3n) is 6.26. The molecule has 0 unspecified atom stereocenters. The number of sulfone groups is 1. The lowest BCUT2D eigenvalue weighted by Crippen LogP contribution is -2.45. The van der Waals surface area contributed by atoms with Gasteiger partial charge >= 0.3 is 6.09 Å². The van der Waals surface area contributed by atoms with E-state index in [9.17, 15) is 18.0 Å². The molecule has 0 aliphatic carbocycles. The summed E-state index contributed by atoms with van der Waals surface area (Å²) in [5, 5.41) is 2.88. The summed E-state index contributed by atoms with van der Waals surface area (Å²) in [5.41, 5.74) is 0.512. The van der Waals surface area contributed by atoms with Gasteiger partial charge < -0.3 is 24.4 Å². The third-order valence-corrected chi connectivity index (χ3v) is 9.76. The molecule has 10 nitrogen and oxygen atoms in total. The van der Waals surface area contributed by atoms with E-state index in [4.69, 9.17) is 25.8 Å². The predicted octanol–water partition coefficient (Wildman–Crippen LogP) is 4.09. The molecule has 0 saturated carbocycles. The summed E-state index contributed by atoms with van der Waals surface area (Å²) in [4.78, 5) is 32.4. The molecule has 0 radical (unpaired) electrons. The number of fused-ring (bicyclic) bond motifs is 1. The Bertz CT molecular complexity index is 1410. The summed E-state index contributed by atoms with van der Waals surface area (Å²) in [5.74, 6) is -0.0251. The number of hydrogen-bond acceptors (Lipinski definition) is 8. The van der Waals surface area contributed by atoms with Crippen LogP contribution in [0.3, 0.4) is 0 Å². The van der Waals surface area contributed by atoms with Gasteiger partial charge in [0.1, 0.15) is 23.1 Å². The highest BCUT2D eigenvalue weighted by Crippen LogP contribution is 2.46. The number of methoxy groups -OCH3 is 2. The fourth-order valence-electron chi connectivity index (χ4n) is 4.55. The van der Waals surface area contributed by atoms with Gasteiger partial charge in [-0.15, -0.1) is 0 Å². The molecule has 2 aromatic rings. The first kappa shape index (κ1) is 30.0. The standard InChI is InChI=1S/C27H32ClN3O7S2/c1-27(2,3)38-26(33)29-18(11-16-9-7-6-8-10-16)24(32)30-25-31(20-14-40(34,35)15-23(20)39-25)19-12-17(28)21(36-4)13-22(19)37-5/h6-10,12-13,18,20,23H,11,14-15H2,1-5H3,(H,29,33)/t18-,20-,23+/m0/s1. The van der Waals surface area contributed by atoms with Gasteiger partial charge in [0.25, 0.3) is 5.91 Å². The van der Waals surface area contributed by atoms with Gasteiger partial charge in [0.05, 0.1) is 42.5 Å². The number of hydrogen-bond donors (Lipinski definition) is 1. The molecular formula is C27H32ClN3O7S2. The molecule has 2 aromatic carbocycles. The fourth-order valence-corrected chi connectivity index (χ4v) is 8.70. The van der Waals surface area contributed by atoms with Gasteiger partial charge in [0, 0.05) is 17.7 Å². The van der Waals surface area contributed by atoms with Gasteiger partial charge in [0.15, 0.2) is 15.0 Å². The Labute approximate surface area is 243 Å². The lowest BCUT2D eigenvalue weighted by atomic mass is 10.1. The van der Waals surface area contributed by atoms with Crippen LogP contribution in [-0.4, -0.2) is 74.2 Å². The zero-order chi connectivity index (χ0) is 29.2. The number of nitrogens with zero attached hydrogens (tertiary/aromatic N) is 2. The molecule has 0 aromatic heterocycles. The van der Waals surface area contributed by atoms with Crippen LogP contribution in [0, 0.1) is 0 Å². The van der Waals surface area contributed by atoms with Gasteiger partial charge in [-0.25, -0.2) is 13.2 Å². The molecule has 2 heterocycles. The fraction of sp³-hybridized carbons (Fsp3) is 0.444. The van der Waals surface area contributed by atoms with E-state index in [0.717, 1.165) is 5.56 Å². The van der Waals surface area contributed by atoms with Crippen LogP contribution in [0.25, 0.3) is 0 Å². The van der Waals surface area contributed by atoms with E-state index < -0.39 is 39.5 Å². The molecular weight excluding hydrogens is 578 g/mol. The van der Waals surface area contributed by atoms with Crippen molar-refractivity contribution < 1.29 is 32.2 Å². The lowest BCUT2D eigenvalue weighted by Gasteiger charge is -2.27. The van der Waals surface area contributed by atoms with Crippen molar-refractivity contribution in [3.63, 3.8) is 0 Å². The zero-order valence-corrected chi connectivity index (χ0v) is 25.2. The molecule has 3 atom stereocenters. The van der Waals surface area contributed by atoms with Crippen molar-refractivity contribution in [1.29, 1.82) is 0 Å². The topological polar surface area (TPSA) is 124 Å². The van der Waals surface area contributed by atoms with E-state index in [0.29, 0.717) is 22.4 Å². The minimum absolute atomic E-state index is 0.0537. The highest BCUT2D eigenvalue weighted by Gasteiger charge is 2.50. The molecule has 2 fully saturated rings. The Kier molecular flexibility index (Phi) is 8.91. The summed E-state index contributed by atoms with van der Waals surface area (Å²) >= 11 is 7.64. The number of benzene rings is 2. The number of amidine groups is 1. The summed E-state index contributed by atoms with van der Waals surface area (Å²) in [6, 6.07) is 10.9. The largest absolute Gasteiger partial charge is 0.495 e. The smallest absolute Gasteiger partial charge is 0.408 e. The van der Waals surface area contributed by atoms with Crippen molar-refractivity contribution in [3.8, 4) is 11.5 Å². The number of nitrogens with one attached hydrogen (secondary N) is 1. The van der Waals surface area contributed by atoms with E-state index in [-0.39, 0.29) is 28.2 Å². The van der Waals surface area contributed by atoms with E-state index in [2.05, 4.69) is 10.3 Å². The van der Waals surface area contributed by atoms with Crippen LogP contribution >= 0.6 is 23.4 Å². The van der Waals surface area contributed by atoms with Gasteiger partial charge in [-0.05, 0) is 32.4 Å². The van der Waals surface area contributed by atoms with Crippen LogP contribution in [-0.2, 0) is 25.8 Å². The second kappa shape index (κ2) is 11.9. The van der Waals surface area contributed by atoms with Crippen LogP contribution < -0.4 is 19.7 Å². The van der Waals surface area contributed by atoms with Gasteiger partial charge in [0.2, 0.25) is 0 Å². The first-order valence-corrected chi connectivity index (χ1v) is 15.6. The first-order valence-electron chi connectivity index (χ1n) is 12.5. The quantitative estimate of drug-likeness (QED) is 0.494. The number of halogens is 1. The number of carbonyl (C=O) groups is 2. The van der Waals surface area contributed by atoms with Crippen molar-refractivity contribution in [2.24, 2.45) is 4.99 Å². The summed E-state index contributed by atoms with van der Waals surface area (Å²) < 4.78 is 41.3. The van der Waals surface area contributed by atoms with Gasteiger partial charge in [-0.3, -0.25) is 4.79 Å². The van der Waals surface area contributed by atoms with Crippen LogP contribution in [0.1, 0.15) is 26.3 Å². The normalized spacial score (nSPS) is 21.6. The summed E-state index contributed by atoms with van der Waals surface area (Å²) in [6.07, 6.45) is -0.566. The van der Waals surface area contributed by atoms with E-state index in [1.54, 1.807) is 37.8 Å². The highest BCUT2D eigenvalue weighted by atomic mass is 35.5. The van der Waals surface area contributed by atoms with Crippen molar-refractivity contribution in [2.75, 3.05) is 30.6 Å². The van der Waals surface area contributed by atoms with Gasteiger partial charge in [-0.2, -0.15) is 4.99 Å². The number of carbonyl (C=O) groups excluding carboxylic acids is 2. The summed E-state index contributed by atoms with van der Waals surface area (Å²) in [7, 11) is -0.359. The number of amides is 2.